The van der Waals surface area contributed by atoms with Crippen molar-refractivity contribution in [3.8, 4) is 11.4 Å². The maximum atomic E-state index is 11.9. The first-order valence-corrected chi connectivity index (χ1v) is 7.08. The number of rotatable bonds is 6. The van der Waals surface area contributed by atoms with Crippen LogP contribution in [0.5, 0.6) is 0 Å². The van der Waals surface area contributed by atoms with Crippen molar-refractivity contribution in [2.45, 2.75) is 26.7 Å². The Morgan fingerprint density at radius 1 is 1.48 bits per heavy atom. The summed E-state index contributed by atoms with van der Waals surface area (Å²) < 4.78 is 0. The van der Waals surface area contributed by atoms with Crippen LogP contribution >= 0.6 is 0 Å². The third-order valence-corrected chi connectivity index (χ3v) is 3.27. The fraction of sp³-hybridized carbons (Fsp3) is 0.400. The molecule has 0 bridgehead atoms. The predicted molar refractivity (Wildman–Crippen MR) is 82.6 cm³/mol. The predicted octanol–water partition coefficient (Wildman–Crippen LogP) is 2.09. The Morgan fingerprint density at radius 3 is 2.95 bits per heavy atom. The van der Waals surface area contributed by atoms with E-state index in [4.69, 9.17) is 5.73 Å². The van der Waals surface area contributed by atoms with Crippen molar-refractivity contribution >= 4 is 11.6 Å². The Hall–Kier alpha value is -2.21. The zero-order chi connectivity index (χ0) is 15.2. The monoisotopic (exact) mass is 287 g/mol. The van der Waals surface area contributed by atoms with Crippen LogP contribution in [0.15, 0.2) is 24.3 Å². The number of hydrogen-bond donors (Lipinski definition) is 3. The van der Waals surface area contributed by atoms with Crippen molar-refractivity contribution < 1.29 is 4.79 Å². The Kier molecular flexibility index (Phi) is 5.05. The number of nitrogens with two attached hydrogens (primary N) is 1. The summed E-state index contributed by atoms with van der Waals surface area (Å²) in [6.07, 6.45) is 1.27. The summed E-state index contributed by atoms with van der Waals surface area (Å²) in [7, 11) is 0. The standard InChI is InChI=1S/C15H21N5O/c1-10(9-16)6-7-14(21)18-13-5-3-4-12(8-13)15-17-11(2)19-20-15/h3-5,8,10H,6-7,9,16H2,1-2H3,(H,18,21)(H,17,19,20). The van der Waals surface area contributed by atoms with Gasteiger partial charge in [-0.05, 0) is 37.9 Å². The second-order valence-electron chi connectivity index (χ2n) is 5.25. The van der Waals surface area contributed by atoms with Crippen LogP contribution in [0.2, 0.25) is 0 Å². The normalized spacial score (nSPS) is 12.1. The van der Waals surface area contributed by atoms with Crippen LogP contribution in [0.3, 0.4) is 0 Å². The van der Waals surface area contributed by atoms with Gasteiger partial charge in [0.15, 0.2) is 5.82 Å². The van der Waals surface area contributed by atoms with E-state index in [2.05, 4.69) is 20.5 Å². The molecule has 0 fully saturated rings. The molecule has 0 saturated heterocycles. The van der Waals surface area contributed by atoms with E-state index in [1.165, 1.54) is 0 Å². The lowest BCUT2D eigenvalue weighted by molar-refractivity contribution is -0.116. The number of carbonyl (C=O) groups excluding carboxylic acids is 1. The fourth-order valence-electron chi connectivity index (χ4n) is 1.93. The molecule has 1 unspecified atom stereocenters. The molecule has 1 heterocycles. The van der Waals surface area contributed by atoms with Crippen molar-refractivity contribution in [2.24, 2.45) is 11.7 Å². The number of H-pyrrole nitrogens is 1. The highest BCUT2D eigenvalue weighted by Crippen LogP contribution is 2.19. The van der Waals surface area contributed by atoms with Gasteiger partial charge in [0.1, 0.15) is 5.82 Å². The van der Waals surface area contributed by atoms with Gasteiger partial charge in [-0.25, -0.2) is 4.98 Å². The molecule has 0 aliphatic carbocycles. The molecule has 1 aromatic heterocycles. The summed E-state index contributed by atoms with van der Waals surface area (Å²) in [5.41, 5.74) is 7.17. The van der Waals surface area contributed by atoms with E-state index in [0.717, 1.165) is 23.5 Å². The van der Waals surface area contributed by atoms with Gasteiger partial charge in [0, 0.05) is 17.7 Å². The number of amides is 1. The van der Waals surface area contributed by atoms with Crippen molar-refractivity contribution in [1.29, 1.82) is 0 Å². The number of anilines is 1. The topological polar surface area (TPSA) is 96.7 Å². The zero-order valence-corrected chi connectivity index (χ0v) is 12.4. The first-order chi connectivity index (χ1) is 10.1. The highest BCUT2D eigenvalue weighted by Gasteiger charge is 2.08. The molecule has 0 aliphatic heterocycles. The number of aromatic nitrogens is 3. The van der Waals surface area contributed by atoms with Crippen LogP contribution in [0.1, 0.15) is 25.6 Å². The molecule has 1 aromatic carbocycles. The molecule has 6 heteroatoms. The Balaban J connectivity index is 1.99. The van der Waals surface area contributed by atoms with Crippen molar-refractivity contribution in [3.05, 3.63) is 30.1 Å². The second-order valence-corrected chi connectivity index (χ2v) is 5.25. The number of hydrogen-bond acceptors (Lipinski definition) is 4. The molecule has 6 nitrogen and oxygen atoms in total. The number of aromatic amines is 1. The fourth-order valence-corrected chi connectivity index (χ4v) is 1.93. The second kappa shape index (κ2) is 6.99. The average molecular weight is 287 g/mol. The SMILES string of the molecule is Cc1nc(-c2cccc(NC(=O)CCC(C)CN)c2)n[nH]1. The number of carbonyl (C=O) groups is 1. The molecular weight excluding hydrogens is 266 g/mol. The molecule has 4 N–H and O–H groups in total. The third kappa shape index (κ3) is 4.39. The first kappa shape index (κ1) is 15.2. The van der Waals surface area contributed by atoms with Gasteiger partial charge in [0.25, 0.3) is 0 Å². The zero-order valence-electron chi connectivity index (χ0n) is 12.4. The summed E-state index contributed by atoms with van der Waals surface area (Å²) in [5.74, 6) is 1.74. The molecule has 0 radical (unpaired) electrons. The maximum Gasteiger partial charge on any atom is 0.224 e. The average Bonchev–Trinajstić information content (AvgIpc) is 2.91. The molecule has 0 spiro atoms. The van der Waals surface area contributed by atoms with Crippen LogP contribution < -0.4 is 11.1 Å². The summed E-state index contributed by atoms with van der Waals surface area (Å²) in [5, 5.41) is 9.81. The van der Waals surface area contributed by atoms with Crippen LogP contribution in [0, 0.1) is 12.8 Å². The summed E-state index contributed by atoms with van der Waals surface area (Å²) in [6, 6.07) is 7.51. The van der Waals surface area contributed by atoms with E-state index in [1.54, 1.807) is 0 Å². The Labute approximate surface area is 124 Å². The van der Waals surface area contributed by atoms with Gasteiger partial charge >= 0.3 is 0 Å². The van der Waals surface area contributed by atoms with Crippen molar-refractivity contribution in [3.63, 3.8) is 0 Å². The highest BCUT2D eigenvalue weighted by atomic mass is 16.1. The minimum atomic E-state index is -0.00128. The van der Waals surface area contributed by atoms with Crippen LogP contribution in [-0.2, 0) is 4.79 Å². The van der Waals surface area contributed by atoms with E-state index < -0.39 is 0 Å². The lowest BCUT2D eigenvalue weighted by Gasteiger charge is -2.09. The van der Waals surface area contributed by atoms with Crippen LogP contribution in [0.4, 0.5) is 5.69 Å². The molecular formula is C15H21N5O. The molecule has 0 aliphatic rings. The smallest absolute Gasteiger partial charge is 0.224 e. The number of nitrogens with one attached hydrogen (secondary N) is 2. The molecule has 21 heavy (non-hydrogen) atoms. The van der Waals surface area contributed by atoms with Crippen molar-refractivity contribution in [1.82, 2.24) is 15.2 Å². The molecule has 1 amide bonds. The third-order valence-electron chi connectivity index (χ3n) is 3.27. The van der Waals surface area contributed by atoms with Gasteiger partial charge in [-0.15, -0.1) is 0 Å². The quantitative estimate of drug-likeness (QED) is 0.758. The van der Waals surface area contributed by atoms with E-state index in [0.29, 0.717) is 24.7 Å². The number of nitrogens with zero attached hydrogens (tertiary/aromatic N) is 2. The minimum absolute atomic E-state index is 0.00128. The minimum Gasteiger partial charge on any atom is -0.330 e. The van der Waals surface area contributed by atoms with E-state index in [9.17, 15) is 4.79 Å². The van der Waals surface area contributed by atoms with Gasteiger partial charge in [-0.2, -0.15) is 5.10 Å². The summed E-state index contributed by atoms with van der Waals surface area (Å²) in [6.45, 7) is 4.49. The molecule has 1 atom stereocenters. The molecule has 2 rings (SSSR count). The lowest BCUT2D eigenvalue weighted by atomic mass is 10.1. The Morgan fingerprint density at radius 2 is 2.29 bits per heavy atom. The van der Waals surface area contributed by atoms with Gasteiger partial charge in [0.05, 0.1) is 0 Å². The summed E-state index contributed by atoms with van der Waals surface area (Å²) >= 11 is 0. The van der Waals surface area contributed by atoms with E-state index in [-0.39, 0.29) is 5.91 Å². The van der Waals surface area contributed by atoms with Gasteiger partial charge in [-0.3, -0.25) is 9.89 Å². The van der Waals surface area contributed by atoms with E-state index in [1.807, 2.05) is 38.1 Å². The van der Waals surface area contributed by atoms with E-state index >= 15 is 0 Å². The van der Waals surface area contributed by atoms with Crippen LogP contribution in [0.25, 0.3) is 11.4 Å². The number of benzene rings is 1. The van der Waals surface area contributed by atoms with Crippen LogP contribution in [-0.4, -0.2) is 27.6 Å². The first-order valence-electron chi connectivity index (χ1n) is 7.08. The van der Waals surface area contributed by atoms with Gasteiger partial charge in [0.2, 0.25) is 5.91 Å². The maximum absolute atomic E-state index is 11.9. The highest BCUT2D eigenvalue weighted by molar-refractivity contribution is 5.91. The summed E-state index contributed by atoms with van der Waals surface area (Å²) in [4.78, 5) is 16.2. The van der Waals surface area contributed by atoms with Crippen molar-refractivity contribution in [2.75, 3.05) is 11.9 Å². The number of aryl methyl sites for hydroxylation is 1. The largest absolute Gasteiger partial charge is 0.330 e. The molecule has 2 aromatic rings. The van der Waals surface area contributed by atoms with Gasteiger partial charge < -0.3 is 11.1 Å². The molecule has 112 valence electrons. The Bertz CT molecular complexity index is 608. The molecule has 0 saturated carbocycles. The van der Waals surface area contributed by atoms with Gasteiger partial charge in [-0.1, -0.05) is 19.1 Å². The lowest BCUT2D eigenvalue weighted by Crippen LogP contribution is -2.16.